The van der Waals surface area contributed by atoms with Gasteiger partial charge in [-0.15, -0.1) is 0 Å². The van der Waals surface area contributed by atoms with Gasteiger partial charge in [0.15, 0.2) is 0 Å². The third-order valence-electron chi connectivity index (χ3n) is 4.23. The second-order valence-corrected chi connectivity index (χ2v) is 6.58. The van der Waals surface area contributed by atoms with Crippen molar-refractivity contribution < 1.29 is 0 Å². The van der Waals surface area contributed by atoms with Crippen LogP contribution < -0.4 is 5.56 Å². The predicted octanol–water partition coefficient (Wildman–Crippen LogP) is 4.91. The van der Waals surface area contributed by atoms with Gasteiger partial charge < -0.3 is 0 Å². The third-order valence-corrected chi connectivity index (χ3v) is 4.55. The number of rotatable bonds is 3. The third kappa shape index (κ3) is 3.39. The van der Waals surface area contributed by atoms with Crippen molar-refractivity contribution >= 4 is 34.7 Å². The Morgan fingerprint density at radius 3 is 2.59 bits per heavy atom. The summed E-state index contributed by atoms with van der Waals surface area (Å²) in [7, 11) is 0. The summed E-state index contributed by atoms with van der Waals surface area (Å²) >= 11 is 6.38. The number of halogens is 1. The molecule has 4 aromatic rings. The number of hydrogen-bond donors (Lipinski definition) is 0. The van der Waals surface area contributed by atoms with Gasteiger partial charge in [-0.1, -0.05) is 41.4 Å². The zero-order chi connectivity index (χ0) is 18.8. The minimum atomic E-state index is -0.155. The highest BCUT2D eigenvalue weighted by Crippen LogP contribution is 2.22. The minimum absolute atomic E-state index is 0.155. The molecule has 0 radical (unpaired) electrons. The van der Waals surface area contributed by atoms with Crippen molar-refractivity contribution in [1.29, 1.82) is 0 Å². The summed E-state index contributed by atoms with van der Waals surface area (Å²) in [4.78, 5) is 22.3. The highest BCUT2D eigenvalue weighted by Gasteiger charge is 2.13. The number of nitrogens with zero attached hydrogens (tertiary/aromatic N) is 3. The highest BCUT2D eigenvalue weighted by atomic mass is 35.5. The lowest BCUT2D eigenvalue weighted by molar-refractivity contribution is 0.943. The molecule has 0 aliphatic heterocycles. The van der Waals surface area contributed by atoms with Crippen LogP contribution in [0.5, 0.6) is 0 Å². The van der Waals surface area contributed by atoms with E-state index in [4.69, 9.17) is 16.6 Å². The lowest BCUT2D eigenvalue weighted by atomic mass is 10.1. The first-order valence-corrected chi connectivity index (χ1v) is 8.89. The number of benzene rings is 2. The van der Waals surface area contributed by atoms with Crippen LogP contribution in [-0.2, 0) is 0 Å². The van der Waals surface area contributed by atoms with Crippen LogP contribution in [-0.4, -0.2) is 14.5 Å². The first-order valence-electron chi connectivity index (χ1n) is 8.51. The largest absolute Gasteiger partial charge is 0.268 e. The van der Waals surface area contributed by atoms with Crippen molar-refractivity contribution in [2.75, 3.05) is 0 Å². The second-order valence-electron chi connectivity index (χ2n) is 6.17. The molecule has 0 N–H and O–H groups in total. The maximum atomic E-state index is 13.3. The Morgan fingerprint density at radius 2 is 1.81 bits per heavy atom. The van der Waals surface area contributed by atoms with E-state index in [1.807, 2.05) is 67.6 Å². The molecular formula is C22H16ClN3O. The van der Waals surface area contributed by atoms with Crippen molar-refractivity contribution in [3.63, 3.8) is 0 Å². The summed E-state index contributed by atoms with van der Waals surface area (Å²) < 4.78 is 1.55. The van der Waals surface area contributed by atoms with Crippen molar-refractivity contribution in [2.45, 2.75) is 6.92 Å². The molecule has 0 saturated carbocycles. The Labute approximate surface area is 161 Å². The Balaban J connectivity index is 2.00. The van der Waals surface area contributed by atoms with Gasteiger partial charge in [0.05, 0.1) is 27.3 Å². The normalized spacial score (nSPS) is 11.3. The summed E-state index contributed by atoms with van der Waals surface area (Å²) in [5.74, 6) is 0.495. The highest BCUT2D eigenvalue weighted by molar-refractivity contribution is 6.32. The van der Waals surface area contributed by atoms with Crippen LogP contribution in [0, 0.1) is 6.92 Å². The molecule has 0 spiro atoms. The molecule has 5 heteroatoms. The van der Waals surface area contributed by atoms with E-state index in [1.165, 1.54) is 0 Å². The van der Waals surface area contributed by atoms with Crippen molar-refractivity contribution in [2.24, 2.45) is 0 Å². The van der Waals surface area contributed by atoms with Gasteiger partial charge in [0.2, 0.25) is 0 Å². The predicted molar refractivity (Wildman–Crippen MR) is 110 cm³/mol. The number of para-hydroxylation sites is 1. The second kappa shape index (κ2) is 7.17. The number of aromatic nitrogens is 3. The minimum Gasteiger partial charge on any atom is -0.268 e. The summed E-state index contributed by atoms with van der Waals surface area (Å²) in [6.07, 6.45) is 5.33. The summed E-state index contributed by atoms with van der Waals surface area (Å²) in [6.45, 7) is 1.95. The number of hydrogen-bond acceptors (Lipinski definition) is 3. The Bertz CT molecular complexity index is 1210. The molecule has 2 aromatic heterocycles. The van der Waals surface area contributed by atoms with E-state index in [1.54, 1.807) is 22.9 Å². The molecule has 4 nitrogen and oxygen atoms in total. The molecule has 0 aliphatic carbocycles. The van der Waals surface area contributed by atoms with E-state index < -0.39 is 0 Å². The van der Waals surface area contributed by atoms with Crippen molar-refractivity contribution in [3.8, 4) is 5.69 Å². The van der Waals surface area contributed by atoms with Gasteiger partial charge in [0, 0.05) is 6.20 Å². The molecule has 0 bridgehead atoms. The van der Waals surface area contributed by atoms with Crippen molar-refractivity contribution in [3.05, 3.63) is 99.3 Å². The number of fused-ring (bicyclic) bond motifs is 1. The maximum Gasteiger partial charge on any atom is 0.266 e. The monoisotopic (exact) mass is 373 g/mol. The first-order chi connectivity index (χ1) is 13.1. The summed E-state index contributed by atoms with van der Waals surface area (Å²) in [5.41, 5.74) is 2.87. The van der Waals surface area contributed by atoms with E-state index in [-0.39, 0.29) is 5.56 Å². The molecule has 0 unspecified atom stereocenters. The molecule has 0 aliphatic rings. The average molecular weight is 374 g/mol. The van der Waals surface area contributed by atoms with Crippen molar-refractivity contribution in [1.82, 2.24) is 14.5 Å². The molecule has 4 rings (SSSR count). The van der Waals surface area contributed by atoms with Gasteiger partial charge in [0.25, 0.3) is 5.56 Å². The standard InChI is InChI=1S/C22H16ClN3O/c1-15-9-11-19-17(14-15)22(27)26(20-8-3-2-7-18(20)23)21(25-19)12-10-16-6-4-5-13-24-16/h2-14H,1H3/b12-10+. The van der Waals surface area contributed by atoms with Gasteiger partial charge >= 0.3 is 0 Å². The Hall–Kier alpha value is -3.24. The molecule has 2 heterocycles. The molecular weight excluding hydrogens is 358 g/mol. The van der Waals surface area contributed by atoms with E-state index >= 15 is 0 Å². The van der Waals surface area contributed by atoms with Gasteiger partial charge in [0.1, 0.15) is 5.82 Å². The molecule has 0 fully saturated rings. The molecule has 0 amide bonds. The molecule has 132 valence electrons. The average Bonchev–Trinajstić information content (AvgIpc) is 2.69. The quantitative estimate of drug-likeness (QED) is 0.512. The van der Waals surface area contributed by atoms with Gasteiger partial charge in [-0.2, -0.15) is 0 Å². The number of aryl methyl sites for hydroxylation is 1. The topological polar surface area (TPSA) is 47.8 Å². The van der Waals surface area contributed by atoms with Crippen LogP contribution >= 0.6 is 11.6 Å². The summed E-state index contributed by atoms with van der Waals surface area (Å²) in [5, 5.41) is 1.05. The number of pyridine rings is 1. The van der Waals surface area contributed by atoms with Gasteiger partial charge in [-0.25, -0.2) is 4.98 Å². The SMILES string of the molecule is Cc1ccc2nc(/C=C/c3ccccn3)n(-c3ccccc3Cl)c(=O)c2c1. The van der Waals surface area contributed by atoms with Crippen LogP contribution in [0.25, 0.3) is 28.7 Å². The lowest BCUT2D eigenvalue weighted by Crippen LogP contribution is -2.22. The van der Waals surface area contributed by atoms with Crippen LogP contribution in [0.2, 0.25) is 5.02 Å². The molecule has 0 saturated heterocycles. The maximum absolute atomic E-state index is 13.3. The van der Waals surface area contributed by atoms with E-state index in [0.29, 0.717) is 27.4 Å². The molecule has 27 heavy (non-hydrogen) atoms. The van der Waals surface area contributed by atoms with Gasteiger partial charge in [-0.05, 0) is 55.5 Å². The van der Waals surface area contributed by atoms with Crippen LogP contribution in [0.15, 0.2) is 71.7 Å². The zero-order valence-corrected chi connectivity index (χ0v) is 15.4. The molecule has 0 atom stereocenters. The van der Waals surface area contributed by atoms with Crippen LogP contribution in [0.1, 0.15) is 17.1 Å². The Kier molecular flexibility index (Phi) is 4.57. The van der Waals surface area contributed by atoms with Crippen LogP contribution in [0.3, 0.4) is 0 Å². The van der Waals surface area contributed by atoms with E-state index in [9.17, 15) is 4.79 Å². The summed E-state index contributed by atoms with van der Waals surface area (Å²) in [6, 6.07) is 18.6. The van der Waals surface area contributed by atoms with Crippen LogP contribution in [0.4, 0.5) is 0 Å². The smallest absolute Gasteiger partial charge is 0.266 e. The fourth-order valence-corrected chi connectivity index (χ4v) is 3.15. The fraction of sp³-hybridized carbons (Fsp3) is 0.0455. The van der Waals surface area contributed by atoms with E-state index in [2.05, 4.69) is 4.98 Å². The Morgan fingerprint density at radius 1 is 1.00 bits per heavy atom. The zero-order valence-electron chi connectivity index (χ0n) is 14.6. The fourth-order valence-electron chi connectivity index (χ4n) is 2.93. The van der Waals surface area contributed by atoms with Gasteiger partial charge in [-0.3, -0.25) is 14.3 Å². The van der Waals surface area contributed by atoms with E-state index in [0.717, 1.165) is 11.3 Å². The lowest BCUT2D eigenvalue weighted by Gasteiger charge is -2.13. The first kappa shape index (κ1) is 17.2. The molecule has 2 aromatic carbocycles.